The van der Waals surface area contributed by atoms with Crippen molar-refractivity contribution in [3.63, 3.8) is 0 Å². The first-order valence-corrected chi connectivity index (χ1v) is 7.93. The zero-order chi connectivity index (χ0) is 14.7. The molecule has 1 aliphatic rings. The van der Waals surface area contributed by atoms with Crippen LogP contribution in [0.2, 0.25) is 0 Å². The summed E-state index contributed by atoms with van der Waals surface area (Å²) in [7, 11) is 0. The summed E-state index contributed by atoms with van der Waals surface area (Å²) in [6.07, 6.45) is 12.6. The second-order valence-corrected chi connectivity index (χ2v) is 6.38. The third kappa shape index (κ3) is 3.43. The molecular formula is C17H24N4. The molecule has 0 aromatic carbocycles. The molecule has 0 aliphatic heterocycles. The van der Waals surface area contributed by atoms with Crippen molar-refractivity contribution in [3.05, 3.63) is 37.1 Å². The molecule has 0 saturated heterocycles. The van der Waals surface area contributed by atoms with Gasteiger partial charge in [-0.3, -0.25) is 4.57 Å². The van der Waals surface area contributed by atoms with Gasteiger partial charge in [-0.15, -0.1) is 0 Å². The van der Waals surface area contributed by atoms with Crippen LogP contribution in [0, 0.1) is 11.8 Å². The van der Waals surface area contributed by atoms with Crippen LogP contribution in [0.5, 0.6) is 0 Å². The minimum absolute atomic E-state index is 0.598. The van der Waals surface area contributed by atoms with Crippen molar-refractivity contribution in [1.82, 2.24) is 14.5 Å². The van der Waals surface area contributed by atoms with Gasteiger partial charge < -0.3 is 5.32 Å². The molecule has 1 N–H and O–H groups in total. The molecule has 1 aliphatic carbocycles. The maximum Gasteiger partial charge on any atom is 0.137 e. The van der Waals surface area contributed by atoms with E-state index in [1.54, 1.807) is 12.5 Å². The Bertz CT molecular complexity index is 537. The van der Waals surface area contributed by atoms with Crippen molar-refractivity contribution in [2.24, 2.45) is 11.8 Å². The summed E-state index contributed by atoms with van der Waals surface area (Å²) in [5.74, 6) is 2.63. The number of anilines is 1. The molecule has 4 heteroatoms. The van der Waals surface area contributed by atoms with E-state index in [9.17, 15) is 0 Å². The first-order chi connectivity index (χ1) is 10.2. The molecule has 21 heavy (non-hydrogen) atoms. The van der Waals surface area contributed by atoms with Gasteiger partial charge in [0.25, 0.3) is 0 Å². The standard InChI is InChI=1S/C17H24N4/c1-13(2)14-3-5-15(6-4-14)20-16-7-8-17(19-11-16)21-10-9-18-12-21/h7-15,20H,3-6H2,1-2H3. The van der Waals surface area contributed by atoms with Crippen LogP contribution in [0.3, 0.4) is 0 Å². The molecule has 3 rings (SSSR count). The molecule has 0 bridgehead atoms. The molecule has 0 amide bonds. The van der Waals surface area contributed by atoms with E-state index in [2.05, 4.69) is 35.2 Å². The molecule has 0 atom stereocenters. The minimum Gasteiger partial charge on any atom is -0.381 e. The van der Waals surface area contributed by atoms with Gasteiger partial charge in [-0.1, -0.05) is 13.8 Å². The Balaban J connectivity index is 1.57. The lowest BCUT2D eigenvalue weighted by Crippen LogP contribution is -2.27. The van der Waals surface area contributed by atoms with Crippen molar-refractivity contribution in [2.45, 2.75) is 45.6 Å². The fraction of sp³-hybridized carbons (Fsp3) is 0.529. The van der Waals surface area contributed by atoms with Crippen LogP contribution in [-0.4, -0.2) is 20.6 Å². The molecule has 0 radical (unpaired) electrons. The van der Waals surface area contributed by atoms with Crippen LogP contribution >= 0.6 is 0 Å². The maximum atomic E-state index is 4.49. The predicted octanol–water partition coefficient (Wildman–Crippen LogP) is 3.89. The highest BCUT2D eigenvalue weighted by Crippen LogP contribution is 2.31. The summed E-state index contributed by atoms with van der Waals surface area (Å²) in [5, 5.41) is 3.63. The van der Waals surface area contributed by atoms with Gasteiger partial charge in [-0.25, -0.2) is 9.97 Å². The van der Waals surface area contributed by atoms with E-state index in [1.165, 1.54) is 25.7 Å². The molecule has 1 fully saturated rings. The van der Waals surface area contributed by atoms with Gasteiger partial charge in [0.15, 0.2) is 0 Å². The lowest BCUT2D eigenvalue weighted by Gasteiger charge is -2.31. The third-order valence-corrected chi connectivity index (χ3v) is 4.60. The quantitative estimate of drug-likeness (QED) is 0.926. The van der Waals surface area contributed by atoms with E-state index in [0.717, 1.165) is 23.3 Å². The lowest BCUT2D eigenvalue weighted by atomic mass is 9.80. The zero-order valence-electron chi connectivity index (χ0n) is 12.9. The van der Waals surface area contributed by atoms with E-state index in [-0.39, 0.29) is 0 Å². The molecule has 0 unspecified atom stereocenters. The summed E-state index contributed by atoms with van der Waals surface area (Å²) in [6, 6.07) is 4.74. The van der Waals surface area contributed by atoms with E-state index in [4.69, 9.17) is 0 Å². The number of rotatable bonds is 4. The molecule has 2 aromatic rings. The summed E-state index contributed by atoms with van der Waals surface area (Å²) < 4.78 is 1.91. The number of nitrogens with zero attached hydrogens (tertiary/aromatic N) is 3. The molecule has 0 spiro atoms. The van der Waals surface area contributed by atoms with Crippen molar-refractivity contribution in [1.29, 1.82) is 0 Å². The Morgan fingerprint density at radius 1 is 1.19 bits per heavy atom. The van der Waals surface area contributed by atoms with Crippen molar-refractivity contribution in [3.8, 4) is 5.82 Å². The highest BCUT2D eigenvalue weighted by molar-refractivity contribution is 5.44. The minimum atomic E-state index is 0.598. The van der Waals surface area contributed by atoms with Crippen molar-refractivity contribution < 1.29 is 0 Å². The number of hydrogen-bond donors (Lipinski definition) is 1. The fourth-order valence-electron chi connectivity index (χ4n) is 3.18. The topological polar surface area (TPSA) is 42.7 Å². The van der Waals surface area contributed by atoms with Gasteiger partial charge >= 0.3 is 0 Å². The summed E-state index contributed by atoms with van der Waals surface area (Å²) in [4.78, 5) is 8.53. The average molecular weight is 284 g/mol. The predicted molar refractivity (Wildman–Crippen MR) is 85.6 cm³/mol. The Morgan fingerprint density at radius 3 is 2.57 bits per heavy atom. The lowest BCUT2D eigenvalue weighted by molar-refractivity contribution is 0.267. The monoisotopic (exact) mass is 284 g/mol. The third-order valence-electron chi connectivity index (χ3n) is 4.60. The summed E-state index contributed by atoms with van der Waals surface area (Å²) in [5.41, 5.74) is 1.12. The van der Waals surface area contributed by atoms with E-state index in [1.807, 2.05) is 23.0 Å². The van der Waals surface area contributed by atoms with E-state index >= 15 is 0 Å². The Morgan fingerprint density at radius 2 is 2.00 bits per heavy atom. The molecule has 4 nitrogen and oxygen atoms in total. The highest BCUT2D eigenvalue weighted by atomic mass is 15.1. The van der Waals surface area contributed by atoms with Crippen molar-refractivity contribution >= 4 is 5.69 Å². The van der Waals surface area contributed by atoms with E-state index < -0.39 is 0 Å². The maximum absolute atomic E-state index is 4.49. The number of pyridine rings is 1. The van der Waals surface area contributed by atoms with Crippen LogP contribution in [0.25, 0.3) is 5.82 Å². The van der Waals surface area contributed by atoms with Gasteiger partial charge in [-0.2, -0.15) is 0 Å². The smallest absolute Gasteiger partial charge is 0.137 e. The Hall–Kier alpha value is -1.84. The highest BCUT2D eigenvalue weighted by Gasteiger charge is 2.22. The van der Waals surface area contributed by atoms with Crippen LogP contribution in [0.15, 0.2) is 37.1 Å². The number of imidazole rings is 1. The van der Waals surface area contributed by atoms with Gasteiger partial charge in [0.2, 0.25) is 0 Å². The van der Waals surface area contributed by atoms with Gasteiger partial charge in [0.05, 0.1) is 11.9 Å². The van der Waals surface area contributed by atoms with E-state index in [0.29, 0.717) is 6.04 Å². The molecule has 2 aromatic heterocycles. The SMILES string of the molecule is CC(C)C1CCC(Nc2ccc(-n3ccnc3)nc2)CC1. The Labute approximate surface area is 126 Å². The van der Waals surface area contributed by atoms with Gasteiger partial charge in [0, 0.05) is 18.4 Å². The normalized spacial score (nSPS) is 22.4. The molecule has 1 saturated carbocycles. The van der Waals surface area contributed by atoms with Gasteiger partial charge in [0.1, 0.15) is 12.1 Å². The number of nitrogens with one attached hydrogen (secondary N) is 1. The fourth-order valence-corrected chi connectivity index (χ4v) is 3.18. The summed E-state index contributed by atoms with van der Waals surface area (Å²) >= 11 is 0. The molecule has 2 heterocycles. The number of aromatic nitrogens is 3. The van der Waals surface area contributed by atoms with Crippen molar-refractivity contribution in [2.75, 3.05) is 5.32 Å². The van der Waals surface area contributed by atoms with Crippen LogP contribution in [-0.2, 0) is 0 Å². The van der Waals surface area contributed by atoms with Crippen LogP contribution in [0.4, 0.5) is 5.69 Å². The second kappa shape index (κ2) is 6.29. The average Bonchev–Trinajstić information content (AvgIpc) is 3.03. The molecular weight excluding hydrogens is 260 g/mol. The zero-order valence-corrected chi connectivity index (χ0v) is 12.9. The first-order valence-electron chi connectivity index (χ1n) is 7.93. The van der Waals surface area contributed by atoms with Gasteiger partial charge in [-0.05, 0) is 49.7 Å². The molecule has 112 valence electrons. The largest absolute Gasteiger partial charge is 0.381 e. The Kier molecular flexibility index (Phi) is 4.23. The number of hydrogen-bond acceptors (Lipinski definition) is 3. The van der Waals surface area contributed by atoms with Crippen LogP contribution in [0.1, 0.15) is 39.5 Å². The van der Waals surface area contributed by atoms with Crippen LogP contribution < -0.4 is 5.32 Å². The second-order valence-electron chi connectivity index (χ2n) is 6.38. The summed E-state index contributed by atoms with van der Waals surface area (Å²) in [6.45, 7) is 4.69. The first kappa shape index (κ1) is 14.1.